The predicted molar refractivity (Wildman–Crippen MR) is 115 cm³/mol. The van der Waals surface area contributed by atoms with Crippen molar-refractivity contribution in [3.05, 3.63) is 114 Å². The van der Waals surface area contributed by atoms with Crippen molar-refractivity contribution < 1.29 is 9.53 Å². The predicted octanol–water partition coefficient (Wildman–Crippen LogP) is 5.39. The summed E-state index contributed by atoms with van der Waals surface area (Å²) < 4.78 is 5.35. The van der Waals surface area contributed by atoms with Crippen LogP contribution in [0, 0.1) is 0 Å². The number of nitrogens with one attached hydrogen (secondary N) is 1. The number of H-pyrrole nitrogens is 1. The third-order valence-corrected chi connectivity index (χ3v) is 6.03. The summed E-state index contributed by atoms with van der Waals surface area (Å²) in [6, 6.07) is 26.2. The molecule has 4 aromatic rings. The van der Waals surface area contributed by atoms with E-state index in [2.05, 4.69) is 35.3 Å². The molecule has 2 atom stereocenters. The second-order valence-corrected chi connectivity index (χ2v) is 7.39. The van der Waals surface area contributed by atoms with Gasteiger partial charge in [-0.05, 0) is 41.0 Å². The lowest BCUT2D eigenvalue weighted by Gasteiger charge is -2.35. The maximum atomic E-state index is 13.6. The lowest BCUT2D eigenvalue weighted by atomic mass is 9.64. The van der Waals surface area contributed by atoms with Crippen LogP contribution in [-0.4, -0.2) is 17.9 Å². The summed E-state index contributed by atoms with van der Waals surface area (Å²) in [5, 5.41) is 1.14. The monoisotopic (exact) mass is 379 g/mol. The highest BCUT2D eigenvalue weighted by Crippen LogP contribution is 2.51. The normalized spacial score (nSPS) is 21.0. The first-order valence-electron chi connectivity index (χ1n) is 9.74. The van der Waals surface area contributed by atoms with E-state index in [9.17, 15) is 4.79 Å². The van der Waals surface area contributed by atoms with E-state index in [4.69, 9.17) is 4.74 Å². The zero-order valence-electron chi connectivity index (χ0n) is 16.1. The van der Waals surface area contributed by atoms with Gasteiger partial charge in [-0.2, -0.15) is 0 Å². The molecule has 0 spiro atoms. The van der Waals surface area contributed by atoms with E-state index < -0.39 is 5.41 Å². The maximum absolute atomic E-state index is 13.6. The first kappa shape index (κ1) is 17.5. The second-order valence-electron chi connectivity index (χ2n) is 7.39. The van der Waals surface area contributed by atoms with Gasteiger partial charge in [-0.15, -0.1) is 0 Å². The van der Waals surface area contributed by atoms with E-state index >= 15 is 0 Å². The molecular weight excluding hydrogens is 358 g/mol. The Morgan fingerprint density at radius 1 is 0.862 bits per heavy atom. The van der Waals surface area contributed by atoms with Gasteiger partial charge < -0.3 is 9.72 Å². The zero-order valence-corrected chi connectivity index (χ0v) is 16.1. The molecule has 0 unspecified atom stereocenters. The summed E-state index contributed by atoms with van der Waals surface area (Å²) in [7, 11) is 1.65. The topological polar surface area (TPSA) is 42.1 Å². The number of fused-ring (bicyclic) bond motifs is 1. The third-order valence-electron chi connectivity index (χ3n) is 6.03. The smallest absolute Gasteiger partial charge is 0.171 e. The van der Waals surface area contributed by atoms with Gasteiger partial charge in [-0.1, -0.05) is 66.7 Å². The molecule has 3 aromatic carbocycles. The van der Waals surface area contributed by atoms with Gasteiger partial charge in [0.25, 0.3) is 0 Å². The van der Waals surface area contributed by atoms with Crippen molar-refractivity contribution >= 4 is 16.7 Å². The minimum atomic E-state index is -0.807. The van der Waals surface area contributed by atoms with Gasteiger partial charge in [0.15, 0.2) is 5.78 Å². The molecule has 1 heterocycles. The van der Waals surface area contributed by atoms with E-state index in [1.165, 1.54) is 0 Å². The Morgan fingerprint density at radius 3 is 2.31 bits per heavy atom. The number of benzene rings is 3. The summed E-state index contributed by atoms with van der Waals surface area (Å²) in [5.74, 6) is 0.769. The van der Waals surface area contributed by atoms with Gasteiger partial charge in [0.05, 0.1) is 12.5 Å². The van der Waals surface area contributed by atoms with Gasteiger partial charge in [-0.3, -0.25) is 4.79 Å². The quantitative estimate of drug-likeness (QED) is 0.517. The molecule has 0 saturated carbocycles. The molecule has 3 heteroatoms. The van der Waals surface area contributed by atoms with Crippen LogP contribution in [0.3, 0.4) is 0 Å². The summed E-state index contributed by atoms with van der Waals surface area (Å²) in [6.45, 7) is 0. The molecule has 5 rings (SSSR count). The maximum Gasteiger partial charge on any atom is 0.171 e. The fourth-order valence-electron chi connectivity index (χ4n) is 4.67. The number of carbonyl (C=O) groups is 1. The molecule has 0 fully saturated rings. The van der Waals surface area contributed by atoms with Crippen LogP contribution in [0.4, 0.5) is 0 Å². The Balaban J connectivity index is 1.79. The first-order chi connectivity index (χ1) is 14.2. The lowest BCUT2D eigenvalue weighted by molar-refractivity contribution is -0.118. The Kier molecular flexibility index (Phi) is 4.09. The van der Waals surface area contributed by atoms with E-state index in [1.54, 1.807) is 13.2 Å². The van der Waals surface area contributed by atoms with Crippen LogP contribution >= 0.6 is 0 Å². The molecule has 0 saturated heterocycles. The molecule has 1 N–H and O–H groups in total. The van der Waals surface area contributed by atoms with Crippen molar-refractivity contribution in [2.45, 2.75) is 11.3 Å². The zero-order chi connectivity index (χ0) is 19.8. The molecule has 3 nitrogen and oxygen atoms in total. The lowest BCUT2D eigenvalue weighted by Crippen LogP contribution is -2.38. The highest BCUT2D eigenvalue weighted by atomic mass is 16.5. The average Bonchev–Trinajstić information content (AvgIpc) is 3.36. The van der Waals surface area contributed by atoms with Crippen LogP contribution in [0.5, 0.6) is 5.75 Å². The van der Waals surface area contributed by atoms with Gasteiger partial charge in [-0.25, -0.2) is 0 Å². The second kappa shape index (κ2) is 6.78. The van der Waals surface area contributed by atoms with E-state index in [0.29, 0.717) is 0 Å². The summed E-state index contributed by atoms with van der Waals surface area (Å²) in [4.78, 5) is 16.9. The van der Waals surface area contributed by atoms with E-state index in [1.807, 2.05) is 60.8 Å². The molecule has 0 radical (unpaired) electrons. The number of hydrogen-bond donors (Lipinski definition) is 1. The van der Waals surface area contributed by atoms with Crippen molar-refractivity contribution in [3.8, 4) is 5.75 Å². The van der Waals surface area contributed by atoms with Gasteiger partial charge >= 0.3 is 0 Å². The Hall–Kier alpha value is -3.59. The van der Waals surface area contributed by atoms with Gasteiger partial charge in [0, 0.05) is 23.0 Å². The fourth-order valence-corrected chi connectivity index (χ4v) is 4.67. The number of hydrogen-bond acceptors (Lipinski definition) is 2. The molecule has 0 aliphatic heterocycles. The van der Waals surface area contributed by atoms with E-state index in [0.717, 1.165) is 33.3 Å². The van der Waals surface area contributed by atoms with Gasteiger partial charge in [0.2, 0.25) is 0 Å². The molecule has 0 amide bonds. The number of ketones is 1. The summed E-state index contributed by atoms with van der Waals surface area (Å²) in [5.41, 5.74) is 3.36. The minimum Gasteiger partial charge on any atom is -0.497 e. The number of para-hydroxylation sites is 1. The largest absolute Gasteiger partial charge is 0.497 e. The SMILES string of the molecule is COc1ccc([C@@]2(c3ccccc3)C(=O)C=C[C@@H]2c2c[nH]c3ccccc23)cc1. The standard InChI is InChI=1S/C26H21NO2/c1-29-20-13-11-19(12-14-20)26(18-7-3-2-4-8-18)23(15-16-25(26)28)22-17-27-24-10-6-5-9-21(22)24/h2-17,23,27H,1H3/t23-,26-/m1/s1. The van der Waals surface area contributed by atoms with Crippen molar-refractivity contribution in [1.82, 2.24) is 4.98 Å². The van der Waals surface area contributed by atoms with Crippen molar-refractivity contribution in [2.75, 3.05) is 7.11 Å². The Labute approximate surface area is 169 Å². The van der Waals surface area contributed by atoms with Crippen molar-refractivity contribution in [2.24, 2.45) is 0 Å². The van der Waals surface area contributed by atoms with Crippen LogP contribution in [0.15, 0.2) is 97.2 Å². The summed E-state index contributed by atoms with van der Waals surface area (Å²) in [6.07, 6.45) is 5.83. The number of carbonyl (C=O) groups excluding carboxylic acids is 1. The number of rotatable bonds is 4. The van der Waals surface area contributed by atoms with Crippen LogP contribution in [0.25, 0.3) is 10.9 Å². The number of aromatic nitrogens is 1. The number of allylic oxidation sites excluding steroid dienone is 2. The number of ether oxygens (including phenoxy) is 1. The fraction of sp³-hybridized carbons (Fsp3) is 0.115. The third kappa shape index (κ3) is 2.54. The Morgan fingerprint density at radius 2 is 1.55 bits per heavy atom. The van der Waals surface area contributed by atoms with Crippen LogP contribution in [0.2, 0.25) is 0 Å². The molecule has 142 valence electrons. The molecule has 0 bridgehead atoms. The van der Waals surface area contributed by atoms with Gasteiger partial charge in [0.1, 0.15) is 5.75 Å². The van der Waals surface area contributed by atoms with Crippen LogP contribution < -0.4 is 4.74 Å². The number of methoxy groups -OCH3 is 1. The highest BCUT2D eigenvalue weighted by molar-refractivity contribution is 6.07. The molecule has 29 heavy (non-hydrogen) atoms. The van der Waals surface area contributed by atoms with Crippen molar-refractivity contribution in [3.63, 3.8) is 0 Å². The van der Waals surface area contributed by atoms with Crippen LogP contribution in [0.1, 0.15) is 22.6 Å². The van der Waals surface area contributed by atoms with Crippen molar-refractivity contribution in [1.29, 1.82) is 0 Å². The van der Waals surface area contributed by atoms with E-state index in [-0.39, 0.29) is 11.7 Å². The molecule has 1 aromatic heterocycles. The molecular formula is C26H21NO2. The minimum absolute atomic E-state index is 0.101. The summed E-state index contributed by atoms with van der Waals surface area (Å²) >= 11 is 0. The number of aromatic amines is 1. The average molecular weight is 379 g/mol. The van der Waals surface area contributed by atoms with Crippen LogP contribution in [-0.2, 0) is 10.2 Å². The Bertz CT molecular complexity index is 1200. The highest BCUT2D eigenvalue weighted by Gasteiger charge is 2.50. The molecule has 1 aliphatic rings. The molecule has 1 aliphatic carbocycles. The first-order valence-corrected chi connectivity index (χ1v) is 9.74.